The summed E-state index contributed by atoms with van der Waals surface area (Å²) in [4.78, 5) is 12.0. The van der Waals surface area contributed by atoms with E-state index in [2.05, 4.69) is 4.74 Å². The van der Waals surface area contributed by atoms with E-state index < -0.39 is 12.1 Å². The third-order valence-corrected chi connectivity index (χ3v) is 3.29. The Bertz CT molecular complexity index is 397. The van der Waals surface area contributed by atoms with E-state index >= 15 is 0 Å². The molecular weight excluding hydrogens is 242 g/mol. The maximum Gasteiger partial charge on any atom is 0.337 e. The Balaban J connectivity index is 2.80. The Morgan fingerprint density at radius 1 is 1.59 bits per heavy atom. The highest BCUT2D eigenvalue weighted by molar-refractivity contribution is 7.99. The summed E-state index contributed by atoms with van der Waals surface area (Å²) in [5, 5.41) is 17.9. The number of nitrogen functional groups attached to an aromatic ring is 1. The minimum Gasteiger partial charge on any atom is -0.465 e. The Hall–Kier alpha value is -1.24. The van der Waals surface area contributed by atoms with Crippen LogP contribution in [-0.4, -0.2) is 41.8 Å². The zero-order valence-corrected chi connectivity index (χ0v) is 10.2. The number of thioether (sulfide) groups is 1. The Kier molecular flexibility index (Phi) is 5.27. The van der Waals surface area contributed by atoms with Crippen LogP contribution in [0.3, 0.4) is 0 Å². The number of hydrogen-bond donors (Lipinski definition) is 3. The van der Waals surface area contributed by atoms with Gasteiger partial charge in [-0.25, -0.2) is 4.79 Å². The highest BCUT2D eigenvalue weighted by atomic mass is 32.2. The fourth-order valence-electron chi connectivity index (χ4n) is 1.14. The predicted molar refractivity (Wildman–Crippen MR) is 66.0 cm³/mol. The number of ether oxygens (including phenoxy) is 1. The molecule has 1 unspecified atom stereocenters. The quantitative estimate of drug-likeness (QED) is 0.404. The molecule has 0 aliphatic rings. The summed E-state index contributed by atoms with van der Waals surface area (Å²) in [6, 6.07) is 4.80. The van der Waals surface area contributed by atoms with Crippen molar-refractivity contribution in [3.63, 3.8) is 0 Å². The second-order valence-electron chi connectivity index (χ2n) is 3.39. The summed E-state index contributed by atoms with van der Waals surface area (Å²) in [5.74, 6) is -0.125. The van der Waals surface area contributed by atoms with Gasteiger partial charge in [0.25, 0.3) is 0 Å². The molecule has 0 saturated carbocycles. The number of anilines is 1. The third-order valence-electron chi connectivity index (χ3n) is 2.08. The second kappa shape index (κ2) is 6.48. The minimum absolute atomic E-state index is 0.302. The molecule has 17 heavy (non-hydrogen) atoms. The van der Waals surface area contributed by atoms with Crippen molar-refractivity contribution in [1.29, 1.82) is 0 Å². The van der Waals surface area contributed by atoms with Gasteiger partial charge in [-0.3, -0.25) is 0 Å². The standard InChI is InChI=1S/C11H15NO4S/c1-16-11(15)7-2-3-9(12)10(4-7)17-6-8(14)5-13/h2-4,8,13-14H,5-6,12H2,1H3. The molecule has 4 N–H and O–H groups in total. The SMILES string of the molecule is COC(=O)c1ccc(N)c(SCC(O)CO)c1. The lowest BCUT2D eigenvalue weighted by Gasteiger charge is -2.09. The monoisotopic (exact) mass is 257 g/mol. The first-order valence-corrected chi connectivity index (χ1v) is 5.96. The van der Waals surface area contributed by atoms with Gasteiger partial charge in [0.1, 0.15) is 0 Å². The lowest BCUT2D eigenvalue weighted by molar-refractivity contribution is 0.0600. The number of aliphatic hydroxyl groups is 2. The molecular formula is C11H15NO4S. The molecule has 0 heterocycles. The number of carbonyl (C=O) groups is 1. The lowest BCUT2D eigenvalue weighted by atomic mass is 10.2. The van der Waals surface area contributed by atoms with E-state index in [0.717, 1.165) is 0 Å². The van der Waals surface area contributed by atoms with Crippen LogP contribution in [-0.2, 0) is 4.74 Å². The predicted octanol–water partition coefficient (Wildman–Crippen LogP) is 0.501. The summed E-state index contributed by atoms with van der Waals surface area (Å²) in [6.07, 6.45) is -0.804. The molecule has 0 bridgehead atoms. The van der Waals surface area contributed by atoms with E-state index in [9.17, 15) is 9.90 Å². The van der Waals surface area contributed by atoms with E-state index in [1.807, 2.05) is 0 Å². The van der Waals surface area contributed by atoms with Gasteiger partial charge in [-0.1, -0.05) is 0 Å². The van der Waals surface area contributed by atoms with Crippen molar-refractivity contribution < 1.29 is 19.7 Å². The number of aliphatic hydroxyl groups excluding tert-OH is 2. The molecule has 1 aromatic carbocycles. The van der Waals surface area contributed by atoms with Crippen LogP contribution in [0.1, 0.15) is 10.4 Å². The first-order valence-electron chi connectivity index (χ1n) is 4.98. The van der Waals surface area contributed by atoms with Crippen LogP contribution in [0.25, 0.3) is 0 Å². The molecule has 0 saturated heterocycles. The van der Waals surface area contributed by atoms with Crippen molar-refractivity contribution in [2.45, 2.75) is 11.0 Å². The molecule has 0 spiro atoms. The molecule has 0 fully saturated rings. The molecule has 0 amide bonds. The van der Waals surface area contributed by atoms with Gasteiger partial charge < -0.3 is 20.7 Å². The van der Waals surface area contributed by atoms with Crippen LogP contribution in [0.4, 0.5) is 5.69 Å². The fraction of sp³-hybridized carbons (Fsp3) is 0.364. The zero-order chi connectivity index (χ0) is 12.8. The smallest absolute Gasteiger partial charge is 0.337 e. The number of carbonyl (C=O) groups excluding carboxylic acids is 1. The molecule has 1 aromatic rings. The van der Waals surface area contributed by atoms with Crippen LogP contribution < -0.4 is 5.73 Å². The number of esters is 1. The molecule has 0 aromatic heterocycles. The molecule has 0 aliphatic heterocycles. The van der Waals surface area contributed by atoms with Gasteiger partial charge in [0.15, 0.2) is 0 Å². The van der Waals surface area contributed by atoms with E-state index in [-0.39, 0.29) is 6.61 Å². The van der Waals surface area contributed by atoms with Crippen molar-refractivity contribution in [2.75, 3.05) is 25.2 Å². The fourth-order valence-corrected chi connectivity index (χ4v) is 2.07. The summed E-state index contributed by atoms with van der Waals surface area (Å²) in [6.45, 7) is -0.302. The van der Waals surface area contributed by atoms with Crippen molar-refractivity contribution in [2.24, 2.45) is 0 Å². The normalized spacial score (nSPS) is 12.2. The maximum atomic E-state index is 11.3. The Labute approximate surface area is 104 Å². The molecule has 1 atom stereocenters. The summed E-state index contributed by atoms with van der Waals surface area (Å²) < 4.78 is 4.60. The summed E-state index contributed by atoms with van der Waals surface area (Å²) in [5.41, 5.74) is 6.67. The van der Waals surface area contributed by atoms with Gasteiger partial charge in [-0.05, 0) is 18.2 Å². The van der Waals surface area contributed by atoms with E-state index in [0.29, 0.717) is 21.9 Å². The molecule has 0 aliphatic carbocycles. The number of nitrogens with two attached hydrogens (primary N) is 1. The van der Waals surface area contributed by atoms with E-state index in [4.69, 9.17) is 10.8 Å². The Morgan fingerprint density at radius 3 is 2.88 bits per heavy atom. The number of benzene rings is 1. The number of hydrogen-bond acceptors (Lipinski definition) is 6. The topological polar surface area (TPSA) is 92.8 Å². The third kappa shape index (κ3) is 3.92. The molecule has 5 nitrogen and oxygen atoms in total. The first kappa shape index (κ1) is 13.8. The first-order chi connectivity index (χ1) is 8.08. The van der Waals surface area contributed by atoms with Crippen molar-refractivity contribution in [3.8, 4) is 0 Å². The summed E-state index contributed by atoms with van der Waals surface area (Å²) in [7, 11) is 1.31. The van der Waals surface area contributed by atoms with Gasteiger partial charge in [-0.15, -0.1) is 11.8 Å². The molecule has 0 radical (unpaired) electrons. The maximum absolute atomic E-state index is 11.3. The van der Waals surface area contributed by atoms with Crippen molar-refractivity contribution in [1.82, 2.24) is 0 Å². The van der Waals surface area contributed by atoms with Crippen molar-refractivity contribution in [3.05, 3.63) is 23.8 Å². The molecule has 1 rings (SSSR count). The average Bonchev–Trinajstić information content (AvgIpc) is 2.36. The lowest BCUT2D eigenvalue weighted by Crippen LogP contribution is -2.14. The highest BCUT2D eigenvalue weighted by Gasteiger charge is 2.10. The van der Waals surface area contributed by atoms with Gasteiger partial charge in [0.05, 0.1) is 25.4 Å². The minimum atomic E-state index is -0.804. The summed E-state index contributed by atoms with van der Waals surface area (Å²) >= 11 is 1.28. The van der Waals surface area contributed by atoms with Gasteiger partial charge in [0, 0.05) is 16.3 Å². The van der Waals surface area contributed by atoms with Crippen LogP contribution >= 0.6 is 11.8 Å². The highest BCUT2D eigenvalue weighted by Crippen LogP contribution is 2.26. The molecule has 6 heteroatoms. The van der Waals surface area contributed by atoms with Crippen LogP contribution in [0.2, 0.25) is 0 Å². The van der Waals surface area contributed by atoms with Crippen LogP contribution in [0.5, 0.6) is 0 Å². The van der Waals surface area contributed by atoms with Crippen LogP contribution in [0.15, 0.2) is 23.1 Å². The van der Waals surface area contributed by atoms with Crippen molar-refractivity contribution >= 4 is 23.4 Å². The molecule has 94 valence electrons. The van der Waals surface area contributed by atoms with Gasteiger partial charge >= 0.3 is 5.97 Å². The Morgan fingerprint density at radius 2 is 2.29 bits per heavy atom. The number of methoxy groups -OCH3 is 1. The number of rotatable bonds is 5. The second-order valence-corrected chi connectivity index (χ2v) is 4.45. The van der Waals surface area contributed by atoms with Gasteiger partial charge in [0.2, 0.25) is 0 Å². The van der Waals surface area contributed by atoms with E-state index in [1.54, 1.807) is 18.2 Å². The van der Waals surface area contributed by atoms with E-state index in [1.165, 1.54) is 18.9 Å². The zero-order valence-electron chi connectivity index (χ0n) is 9.42. The average molecular weight is 257 g/mol. The van der Waals surface area contributed by atoms with Crippen LogP contribution in [0, 0.1) is 0 Å². The largest absolute Gasteiger partial charge is 0.465 e. The van der Waals surface area contributed by atoms with Gasteiger partial charge in [-0.2, -0.15) is 0 Å².